The minimum absolute atomic E-state index is 0.111. The van der Waals surface area contributed by atoms with Crippen molar-refractivity contribution in [3.8, 4) is 12.3 Å². The number of carboxylic acid groups (broad SMARTS) is 1. The number of ether oxygens (including phenoxy) is 1. The second kappa shape index (κ2) is 7.26. The molecule has 90 valence electrons. The van der Waals surface area contributed by atoms with Crippen LogP contribution >= 0.6 is 0 Å². The van der Waals surface area contributed by atoms with Crippen LogP contribution in [0.1, 0.15) is 25.7 Å². The summed E-state index contributed by atoms with van der Waals surface area (Å²) in [5, 5.41) is 8.49. The molecule has 0 bridgehead atoms. The fourth-order valence-electron chi connectivity index (χ4n) is 1.89. The number of piperidine rings is 1. The molecule has 4 heteroatoms. The number of rotatable bonds is 6. The van der Waals surface area contributed by atoms with Gasteiger partial charge in [-0.3, -0.25) is 0 Å². The molecule has 0 atom stereocenters. The summed E-state index contributed by atoms with van der Waals surface area (Å²) >= 11 is 0. The molecule has 1 N–H and O–H groups in total. The fourth-order valence-corrected chi connectivity index (χ4v) is 1.89. The average Bonchev–Trinajstić information content (AvgIpc) is 2.28. The zero-order valence-electron chi connectivity index (χ0n) is 9.52. The molecule has 0 radical (unpaired) electrons. The number of carboxylic acids is 1. The lowest BCUT2D eigenvalue weighted by Crippen LogP contribution is -2.38. The van der Waals surface area contributed by atoms with Crippen molar-refractivity contribution in [2.24, 2.45) is 0 Å². The van der Waals surface area contributed by atoms with Crippen molar-refractivity contribution >= 4 is 5.97 Å². The maximum Gasteiger partial charge on any atom is 0.329 e. The van der Waals surface area contributed by atoms with E-state index < -0.39 is 5.97 Å². The zero-order valence-corrected chi connectivity index (χ0v) is 9.52. The Balaban J connectivity index is 2.09. The number of carbonyl (C=O) groups is 1. The smallest absolute Gasteiger partial charge is 0.329 e. The van der Waals surface area contributed by atoms with E-state index in [0.717, 1.165) is 45.3 Å². The average molecular weight is 225 g/mol. The van der Waals surface area contributed by atoms with E-state index in [1.165, 1.54) is 0 Å². The van der Waals surface area contributed by atoms with E-state index in [9.17, 15) is 4.79 Å². The van der Waals surface area contributed by atoms with Crippen LogP contribution in [0.4, 0.5) is 0 Å². The highest BCUT2D eigenvalue weighted by molar-refractivity contribution is 5.68. The minimum Gasteiger partial charge on any atom is -0.480 e. The molecule has 0 aromatic carbocycles. The van der Waals surface area contributed by atoms with Crippen molar-refractivity contribution in [1.29, 1.82) is 0 Å². The lowest BCUT2D eigenvalue weighted by Gasteiger charge is -2.31. The van der Waals surface area contributed by atoms with Crippen molar-refractivity contribution in [3.63, 3.8) is 0 Å². The first-order chi connectivity index (χ1) is 7.72. The molecule has 1 saturated heterocycles. The van der Waals surface area contributed by atoms with Gasteiger partial charge >= 0.3 is 5.97 Å². The van der Waals surface area contributed by atoms with Crippen LogP contribution in [0.15, 0.2) is 0 Å². The number of terminal acetylenes is 1. The maximum absolute atomic E-state index is 10.3. The van der Waals surface area contributed by atoms with Crippen molar-refractivity contribution < 1.29 is 14.6 Å². The van der Waals surface area contributed by atoms with Crippen molar-refractivity contribution in [2.45, 2.75) is 31.8 Å². The van der Waals surface area contributed by atoms with Crippen molar-refractivity contribution in [3.05, 3.63) is 0 Å². The van der Waals surface area contributed by atoms with Gasteiger partial charge in [-0.1, -0.05) is 0 Å². The Kier molecular flexibility index (Phi) is 5.91. The molecule has 0 unspecified atom stereocenters. The first-order valence-corrected chi connectivity index (χ1v) is 5.71. The zero-order chi connectivity index (χ0) is 11.8. The van der Waals surface area contributed by atoms with E-state index >= 15 is 0 Å². The monoisotopic (exact) mass is 225 g/mol. The Labute approximate surface area is 96.6 Å². The highest BCUT2D eigenvalue weighted by atomic mass is 16.5. The number of hydrogen-bond donors (Lipinski definition) is 1. The van der Waals surface area contributed by atoms with Gasteiger partial charge < -0.3 is 14.7 Å². The summed E-state index contributed by atoms with van der Waals surface area (Å²) in [6.07, 6.45) is 9.01. The fraction of sp³-hybridized carbons (Fsp3) is 0.750. The van der Waals surface area contributed by atoms with Crippen LogP contribution in [0, 0.1) is 12.3 Å². The Morgan fingerprint density at radius 3 is 2.75 bits per heavy atom. The van der Waals surface area contributed by atoms with E-state index in [0.29, 0.717) is 0 Å². The Morgan fingerprint density at radius 1 is 1.50 bits per heavy atom. The molecular formula is C12H19NO3. The number of aliphatic carboxylic acids is 1. The SMILES string of the molecule is C#CCCCN1CCC(OCC(=O)O)CC1. The lowest BCUT2D eigenvalue weighted by atomic mass is 10.1. The molecule has 1 aliphatic heterocycles. The van der Waals surface area contributed by atoms with Crippen LogP contribution in [0.2, 0.25) is 0 Å². The van der Waals surface area contributed by atoms with E-state index in [4.69, 9.17) is 16.3 Å². The maximum atomic E-state index is 10.3. The summed E-state index contributed by atoms with van der Waals surface area (Å²) in [5.74, 6) is 1.74. The molecule has 0 aromatic rings. The minimum atomic E-state index is -0.892. The van der Waals surface area contributed by atoms with Crippen molar-refractivity contribution in [1.82, 2.24) is 4.90 Å². The van der Waals surface area contributed by atoms with Crippen LogP contribution in [-0.4, -0.2) is 48.3 Å². The van der Waals surface area contributed by atoms with E-state index in [2.05, 4.69) is 10.8 Å². The molecule has 0 amide bonds. The molecule has 4 nitrogen and oxygen atoms in total. The van der Waals surface area contributed by atoms with Crippen molar-refractivity contribution in [2.75, 3.05) is 26.2 Å². The highest BCUT2D eigenvalue weighted by Crippen LogP contribution is 2.13. The number of unbranched alkanes of at least 4 members (excludes halogenated alkanes) is 1. The Bertz CT molecular complexity index is 251. The molecule has 1 rings (SSSR count). The predicted molar refractivity (Wildman–Crippen MR) is 61.1 cm³/mol. The lowest BCUT2D eigenvalue weighted by molar-refractivity contribution is -0.145. The van der Waals surface area contributed by atoms with Gasteiger partial charge in [0.15, 0.2) is 0 Å². The third-order valence-corrected chi connectivity index (χ3v) is 2.77. The van der Waals surface area contributed by atoms with Gasteiger partial charge in [-0.2, -0.15) is 0 Å². The summed E-state index contributed by atoms with van der Waals surface area (Å²) in [6, 6.07) is 0. The summed E-state index contributed by atoms with van der Waals surface area (Å²) in [7, 11) is 0. The van der Waals surface area contributed by atoms with E-state index in [1.54, 1.807) is 0 Å². The second-order valence-corrected chi connectivity index (χ2v) is 4.05. The van der Waals surface area contributed by atoms with Crippen LogP contribution in [0.25, 0.3) is 0 Å². The number of hydrogen-bond acceptors (Lipinski definition) is 3. The van der Waals surface area contributed by atoms with Gasteiger partial charge in [0, 0.05) is 19.5 Å². The molecule has 1 heterocycles. The van der Waals surface area contributed by atoms with Gasteiger partial charge in [0.1, 0.15) is 6.61 Å². The largest absolute Gasteiger partial charge is 0.480 e. The molecular weight excluding hydrogens is 206 g/mol. The molecule has 16 heavy (non-hydrogen) atoms. The van der Waals surface area contributed by atoms with Gasteiger partial charge in [0.2, 0.25) is 0 Å². The number of nitrogens with zero attached hydrogens (tertiary/aromatic N) is 1. The van der Waals surface area contributed by atoms with E-state index in [-0.39, 0.29) is 12.7 Å². The van der Waals surface area contributed by atoms with E-state index in [1.807, 2.05) is 0 Å². The number of likely N-dealkylation sites (tertiary alicyclic amines) is 1. The van der Waals surface area contributed by atoms with Gasteiger partial charge in [-0.25, -0.2) is 4.79 Å². The molecule has 0 saturated carbocycles. The van der Waals surface area contributed by atoms with Crippen LogP contribution in [0.3, 0.4) is 0 Å². The Morgan fingerprint density at radius 2 is 2.19 bits per heavy atom. The second-order valence-electron chi connectivity index (χ2n) is 4.05. The highest BCUT2D eigenvalue weighted by Gasteiger charge is 2.19. The normalized spacial score (nSPS) is 18.2. The first-order valence-electron chi connectivity index (χ1n) is 5.71. The quantitative estimate of drug-likeness (QED) is 0.540. The predicted octanol–water partition coefficient (Wildman–Crippen LogP) is 0.965. The third-order valence-electron chi connectivity index (χ3n) is 2.77. The van der Waals surface area contributed by atoms with Gasteiger partial charge in [0.25, 0.3) is 0 Å². The molecule has 0 aliphatic carbocycles. The standard InChI is InChI=1S/C12H19NO3/c1-2-3-4-7-13-8-5-11(6-9-13)16-10-12(14)15/h1,11H,3-10H2,(H,14,15). The third kappa shape index (κ3) is 5.15. The van der Waals surface area contributed by atoms with Crippen LogP contribution in [0.5, 0.6) is 0 Å². The first kappa shape index (κ1) is 13.0. The summed E-state index contributed by atoms with van der Waals surface area (Å²) in [5.41, 5.74) is 0. The summed E-state index contributed by atoms with van der Waals surface area (Å²) in [6.45, 7) is 2.82. The van der Waals surface area contributed by atoms with Crippen LogP contribution in [-0.2, 0) is 9.53 Å². The Hall–Kier alpha value is -1.05. The summed E-state index contributed by atoms with van der Waals surface area (Å²) in [4.78, 5) is 12.7. The molecule has 1 fully saturated rings. The molecule has 1 aliphatic rings. The topological polar surface area (TPSA) is 49.8 Å². The summed E-state index contributed by atoms with van der Waals surface area (Å²) < 4.78 is 5.26. The van der Waals surface area contributed by atoms with Gasteiger partial charge in [-0.05, 0) is 25.8 Å². The van der Waals surface area contributed by atoms with Gasteiger partial charge in [0.05, 0.1) is 6.10 Å². The molecule has 0 spiro atoms. The molecule has 0 aromatic heterocycles. The van der Waals surface area contributed by atoms with Crippen LogP contribution < -0.4 is 0 Å². The van der Waals surface area contributed by atoms with Gasteiger partial charge in [-0.15, -0.1) is 12.3 Å².